The first-order valence-electron chi connectivity index (χ1n) is 5.26. The van der Waals surface area contributed by atoms with Gasteiger partial charge in [-0.05, 0) is 19.9 Å². The molecule has 5 heteroatoms. The summed E-state index contributed by atoms with van der Waals surface area (Å²) in [6.45, 7) is 3.92. The topological polar surface area (TPSA) is 68.9 Å². The molecule has 0 fully saturated rings. The Kier molecular flexibility index (Phi) is 4.31. The van der Waals surface area contributed by atoms with Crippen molar-refractivity contribution in [2.75, 3.05) is 14.2 Å². The Hall–Kier alpha value is -1.33. The van der Waals surface area contributed by atoms with E-state index in [0.717, 1.165) is 5.56 Å². The molecule has 0 amide bonds. The van der Waals surface area contributed by atoms with E-state index in [0.29, 0.717) is 12.4 Å². The van der Waals surface area contributed by atoms with Crippen LogP contribution in [0.4, 0.5) is 0 Å². The minimum atomic E-state index is -1.02. The van der Waals surface area contributed by atoms with Crippen LogP contribution in [0.5, 0.6) is 0 Å². The fourth-order valence-electron chi connectivity index (χ4n) is 1.99. The van der Waals surface area contributed by atoms with Crippen LogP contribution in [0.15, 0.2) is 16.7 Å². The number of methoxy groups -OCH3 is 2. The van der Waals surface area contributed by atoms with Crippen LogP contribution in [0.3, 0.4) is 0 Å². The van der Waals surface area contributed by atoms with Gasteiger partial charge in [0.15, 0.2) is 6.10 Å². The van der Waals surface area contributed by atoms with Crippen LogP contribution in [0.2, 0.25) is 0 Å². The third-order valence-corrected chi connectivity index (χ3v) is 2.75. The van der Waals surface area contributed by atoms with Gasteiger partial charge in [0.25, 0.3) is 0 Å². The van der Waals surface area contributed by atoms with Crippen molar-refractivity contribution >= 4 is 5.97 Å². The van der Waals surface area contributed by atoms with Crippen molar-refractivity contribution in [1.29, 1.82) is 0 Å². The van der Waals surface area contributed by atoms with E-state index in [1.165, 1.54) is 13.4 Å². The maximum atomic E-state index is 11.1. The Morgan fingerprint density at radius 1 is 1.53 bits per heavy atom. The predicted molar refractivity (Wildman–Crippen MR) is 60.9 cm³/mol. The van der Waals surface area contributed by atoms with Crippen molar-refractivity contribution < 1.29 is 23.8 Å². The van der Waals surface area contributed by atoms with E-state index in [1.54, 1.807) is 27.0 Å². The van der Waals surface area contributed by atoms with E-state index in [9.17, 15) is 4.79 Å². The summed E-state index contributed by atoms with van der Waals surface area (Å²) in [5, 5.41) is 9.13. The van der Waals surface area contributed by atoms with E-state index in [-0.39, 0.29) is 0 Å². The summed E-state index contributed by atoms with van der Waals surface area (Å²) in [4.78, 5) is 11.1. The van der Waals surface area contributed by atoms with Gasteiger partial charge >= 0.3 is 5.97 Å². The van der Waals surface area contributed by atoms with Crippen LogP contribution in [0.25, 0.3) is 0 Å². The second-order valence-corrected chi connectivity index (χ2v) is 4.38. The summed E-state index contributed by atoms with van der Waals surface area (Å²) in [7, 11) is 2.95. The fraction of sp³-hybridized carbons (Fsp3) is 0.583. The van der Waals surface area contributed by atoms with Gasteiger partial charge in [-0.3, -0.25) is 0 Å². The molecule has 0 aromatic carbocycles. The number of carboxylic acids is 1. The molecular weight excluding hydrogens is 224 g/mol. The summed E-state index contributed by atoms with van der Waals surface area (Å²) in [5.74, 6) is -0.439. The first-order valence-corrected chi connectivity index (χ1v) is 5.26. The maximum absolute atomic E-state index is 11.1. The third-order valence-electron chi connectivity index (χ3n) is 2.75. The van der Waals surface area contributed by atoms with Gasteiger partial charge in [-0.2, -0.15) is 0 Å². The van der Waals surface area contributed by atoms with Crippen molar-refractivity contribution in [3.8, 4) is 0 Å². The zero-order valence-electron chi connectivity index (χ0n) is 10.5. The van der Waals surface area contributed by atoms with Crippen LogP contribution >= 0.6 is 0 Å². The summed E-state index contributed by atoms with van der Waals surface area (Å²) >= 11 is 0. The SMILES string of the molecule is COCc1ccoc1C(C)(C)C(OC)C(=O)O. The van der Waals surface area contributed by atoms with Gasteiger partial charge in [0, 0.05) is 19.8 Å². The number of hydrogen-bond acceptors (Lipinski definition) is 4. The van der Waals surface area contributed by atoms with Gasteiger partial charge in [0.2, 0.25) is 0 Å². The van der Waals surface area contributed by atoms with Crippen molar-refractivity contribution in [2.24, 2.45) is 0 Å². The van der Waals surface area contributed by atoms with Gasteiger partial charge in [-0.15, -0.1) is 0 Å². The Morgan fingerprint density at radius 2 is 2.18 bits per heavy atom. The molecule has 17 heavy (non-hydrogen) atoms. The molecule has 0 aliphatic heterocycles. The van der Waals surface area contributed by atoms with Crippen LogP contribution < -0.4 is 0 Å². The van der Waals surface area contributed by atoms with E-state index in [4.69, 9.17) is 19.0 Å². The Labute approximate surface area is 100 Å². The fourth-order valence-corrected chi connectivity index (χ4v) is 1.99. The smallest absolute Gasteiger partial charge is 0.333 e. The predicted octanol–water partition coefficient (Wildman–Crippen LogP) is 1.80. The number of hydrogen-bond donors (Lipinski definition) is 1. The van der Waals surface area contributed by atoms with Crippen molar-refractivity contribution in [2.45, 2.75) is 32.0 Å². The number of rotatable bonds is 6. The average Bonchev–Trinajstić information content (AvgIpc) is 2.67. The van der Waals surface area contributed by atoms with Crippen LogP contribution in [-0.4, -0.2) is 31.4 Å². The van der Waals surface area contributed by atoms with E-state index in [1.807, 2.05) is 0 Å². The lowest BCUT2D eigenvalue weighted by atomic mass is 9.82. The molecule has 1 N–H and O–H groups in total. The van der Waals surface area contributed by atoms with Crippen LogP contribution in [0.1, 0.15) is 25.2 Å². The molecule has 1 aromatic rings. The van der Waals surface area contributed by atoms with Gasteiger partial charge in [-0.1, -0.05) is 0 Å². The van der Waals surface area contributed by atoms with Crippen LogP contribution in [0, 0.1) is 0 Å². The van der Waals surface area contributed by atoms with Crippen molar-refractivity contribution in [3.05, 3.63) is 23.7 Å². The first-order chi connectivity index (χ1) is 7.95. The highest BCUT2D eigenvalue weighted by Gasteiger charge is 2.40. The summed E-state index contributed by atoms with van der Waals surface area (Å²) in [6, 6.07) is 1.77. The molecule has 1 rings (SSSR count). The number of carboxylic acid groups (broad SMARTS) is 1. The van der Waals surface area contributed by atoms with E-state index >= 15 is 0 Å². The third kappa shape index (κ3) is 2.68. The number of ether oxygens (including phenoxy) is 2. The molecule has 1 atom stereocenters. The van der Waals surface area contributed by atoms with Gasteiger partial charge in [-0.25, -0.2) is 4.79 Å². The van der Waals surface area contributed by atoms with Crippen LogP contribution in [-0.2, 0) is 26.3 Å². The lowest BCUT2D eigenvalue weighted by Gasteiger charge is -2.29. The molecule has 1 unspecified atom stereocenters. The molecule has 1 aromatic heterocycles. The molecule has 1 heterocycles. The minimum absolute atomic E-state index is 0.380. The molecule has 0 saturated heterocycles. The molecule has 0 aliphatic rings. The Morgan fingerprint density at radius 3 is 2.65 bits per heavy atom. The molecule has 96 valence electrons. The quantitative estimate of drug-likeness (QED) is 0.823. The highest BCUT2D eigenvalue weighted by atomic mass is 16.5. The molecule has 0 aliphatic carbocycles. The molecule has 0 radical (unpaired) electrons. The van der Waals surface area contributed by atoms with Crippen molar-refractivity contribution in [1.82, 2.24) is 0 Å². The monoisotopic (exact) mass is 242 g/mol. The molecule has 5 nitrogen and oxygen atoms in total. The Balaban J connectivity index is 3.10. The van der Waals surface area contributed by atoms with Gasteiger partial charge in [0.05, 0.1) is 18.3 Å². The van der Waals surface area contributed by atoms with Gasteiger partial charge in [0.1, 0.15) is 5.76 Å². The zero-order chi connectivity index (χ0) is 13.1. The molecule has 0 saturated carbocycles. The number of furan rings is 1. The largest absolute Gasteiger partial charge is 0.479 e. The van der Waals surface area contributed by atoms with Crippen molar-refractivity contribution in [3.63, 3.8) is 0 Å². The maximum Gasteiger partial charge on any atom is 0.333 e. The molecule has 0 bridgehead atoms. The second kappa shape index (κ2) is 5.33. The highest BCUT2D eigenvalue weighted by molar-refractivity contribution is 5.74. The Bertz CT molecular complexity index is 380. The summed E-state index contributed by atoms with van der Waals surface area (Å²) < 4.78 is 15.5. The number of carbonyl (C=O) groups is 1. The average molecular weight is 242 g/mol. The molecular formula is C12H18O5. The molecule has 0 spiro atoms. The normalized spacial score (nSPS) is 13.6. The lowest BCUT2D eigenvalue weighted by molar-refractivity contribution is -0.153. The summed E-state index contributed by atoms with van der Waals surface area (Å²) in [6.07, 6.45) is 0.560. The minimum Gasteiger partial charge on any atom is -0.479 e. The standard InChI is InChI=1S/C12H18O5/c1-12(2,10(16-4)11(13)14)9-8(7-15-3)5-6-17-9/h5-6,10H,7H2,1-4H3,(H,13,14). The summed E-state index contributed by atoms with van der Waals surface area (Å²) in [5.41, 5.74) is 0.0681. The van der Waals surface area contributed by atoms with E-state index in [2.05, 4.69) is 0 Å². The van der Waals surface area contributed by atoms with E-state index < -0.39 is 17.5 Å². The zero-order valence-corrected chi connectivity index (χ0v) is 10.5. The number of aliphatic carboxylic acids is 1. The van der Waals surface area contributed by atoms with Gasteiger partial charge < -0.3 is 19.0 Å². The highest BCUT2D eigenvalue weighted by Crippen LogP contribution is 2.32. The first kappa shape index (κ1) is 13.7. The second-order valence-electron chi connectivity index (χ2n) is 4.38. The lowest BCUT2D eigenvalue weighted by Crippen LogP contribution is -2.41.